The highest BCUT2D eigenvalue weighted by atomic mass is 19.4. The van der Waals surface area contributed by atoms with Gasteiger partial charge in [0.2, 0.25) is 0 Å². The molecule has 1 aliphatic heterocycles. The van der Waals surface area contributed by atoms with Crippen LogP contribution in [0.15, 0.2) is 30.6 Å². The molecule has 1 saturated heterocycles. The molecule has 0 unspecified atom stereocenters. The predicted octanol–water partition coefficient (Wildman–Crippen LogP) is 2.09. The van der Waals surface area contributed by atoms with Gasteiger partial charge in [-0.05, 0) is 25.2 Å². The third kappa shape index (κ3) is 4.27. The second-order valence-electron chi connectivity index (χ2n) is 6.27. The van der Waals surface area contributed by atoms with E-state index in [2.05, 4.69) is 15.3 Å². The van der Waals surface area contributed by atoms with Gasteiger partial charge in [0.05, 0.1) is 17.6 Å². The number of pyridine rings is 2. The molecule has 27 heavy (non-hydrogen) atoms. The maximum Gasteiger partial charge on any atom is 0.420 e. The molecule has 0 atom stereocenters. The Morgan fingerprint density at radius 1 is 1.22 bits per heavy atom. The van der Waals surface area contributed by atoms with E-state index in [4.69, 9.17) is 5.73 Å². The second-order valence-corrected chi connectivity index (χ2v) is 6.27. The molecule has 3 rings (SSSR count). The number of primary amides is 1. The number of alkyl halides is 3. The van der Waals surface area contributed by atoms with Crippen molar-refractivity contribution in [3.63, 3.8) is 0 Å². The molecule has 0 saturated carbocycles. The number of carbonyl (C=O) groups excluding carboxylic acids is 1. The number of hydrogen-bond acceptors (Lipinski definition) is 6. The topological polar surface area (TPSA) is 87.4 Å². The van der Waals surface area contributed by atoms with Crippen LogP contribution in [0, 0.1) is 0 Å². The summed E-state index contributed by atoms with van der Waals surface area (Å²) in [6, 6.07) is 4.04. The first-order valence-electron chi connectivity index (χ1n) is 8.28. The van der Waals surface area contributed by atoms with Gasteiger partial charge in [-0.1, -0.05) is 0 Å². The van der Waals surface area contributed by atoms with E-state index in [0.29, 0.717) is 26.2 Å². The molecule has 0 aliphatic carbocycles. The zero-order valence-corrected chi connectivity index (χ0v) is 14.6. The van der Waals surface area contributed by atoms with Gasteiger partial charge in [-0.15, -0.1) is 0 Å². The maximum atomic E-state index is 13.6. The summed E-state index contributed by atoms with van der Waals surface area (Å²) in [5.74, 6) is -0.876. The number of amides is 1. The van der Waals surface area contributed by atoms with Crippen LogP contribution in [0.3, 0.4) is 0 Å². The highest BCUT2D eigenvalue weighted by Crippen LogP contribution is 2.37. The van der Waals surface area contributed by atoms with Gasteiger partial charge < -0.3 is 20.9 Å². The van der Waals surface area contributed by atoms with Crippen LogP contribution in [0.1, 0.15) is 16.1 Å². The molecule has 0 spiro atoms. The first kappa shape index (κ1) is 18.9. The summed E-state index contributed by atoms with van der Waals surface area (Å²) in [5, 5.41) is 2.75. The fourth-order valence-corrected chi connectivity index (χ4v) is 2.86. The molecule has 1 aliphatic rings. The van der Waals surface area contributed by atoms with Crippen molar-refractivity contribution in [1.82, 2.24) is 14.9 Å². The molecule has 0 aromatic carbocycles. The van der Waals surface area contributed by atoms with Crippen LogP contribution in [-0.2, 0) is 6.18 Å². The van der Waals surface area contributed by atoms with E-state index in [1.54, 1.807) is 11.0 Å². The summed E-state index contributed by atoms with van der Waals surface area (Å²) in [4.78, 5) is 23.0. The number of anilines is 3. The molecule has 3 heterocycles. The number of likely N-dealkylation sites (N-methyl/N-ethyl adjacent to an activating group) is 1. The average molecular weight is 380 g/mol. The lowest BCUT2D eigenvalue weighted by Gasteiger charge is -2.34. The van der Waals surface area contributed by atoms with Crippen molar-refractivity contribution in [2.75, 3.05) is 43.4 Å². The summed E-state index contributed by atoms with van der Waals surface area (Å²) in [6.07, 6.45) is -1.88. The molecule has 0 radical (unpaired) electrons. The lowest BCUT2D eigenvalue weighted by atomic mass is 10.2. The molecule has 1 fully saturated rings. The van der Waals surface area contributed by atoms with Crippen molar-refractivity contribution in [3.8, 4) is 0 Å². The van der Waals surface area contributed by atoms with E-state index in [9.17, 15) is 18.0 Å². The molecule has 1 amide bonds. The molecular weight excluding hydrogens is 361 g/mol. The minimum atomic E-state index is -4.56. The summed E-state index contributed by atoms with van der Waals surface area (Å²) in [6.45, 7) is 2.26. The number of halogens is 3. The van der Waals surface area contributed by atoms with Gasteiger partial charge in [-0.3, -0.25) is 4.79 Å². The average Bonchev–Trinajstić information content (AvgIpc) is 2.62. The number of piperazine rings is 1. The largest absolute Gasteiger partial charge is 0.420 e. The predicted molar refractivity (Wildman–Crippen MR) is 95.0 cm³/mol. The van der Waals surface area contributed by atoms with E-state index in [1.807, 2.05) is 11.9 Å². The fraction of sp³-hybridized carbons (Fsp3) is 0.353. The fourth-order valence-electron chi connectivity index (χ4n) is 2.86. The summed E-state index contributed by atoms with van der Waals surface area (Å²) >= 11 is 0. The van der Waals surface area contributed by atoms with E-state index in [0.717, 1.165) is 6.07 Å². The molecule has 144 valence electrons. The molecular formula is C17H19F3N6O. The van der Waals surface area contributed by atoms with Crippen molar-refractivity contribution >= 4 is 23.1 Å². The normalized spacial score (nSPS) is 15.6. The zero-order chi connectivity index (χ0) is 19.6. The minimum Gasteiger partial charge on any atom is -0.364 e. The summed E-state index contributed by atoms with van der Waals surface area (Å²) in [7, 11) is 1.92. The summed E-state index contributed by atoms with van der Waals surface area (Å²) < 4.78 is 40.8. The molecule has 10 heteroatoms. The smallest absolute Gasteiger partial charge is 0.364 e. The Labute approximate surface area is 154 Å². The first-order chi connectivity index (χ1) is 12.8. The van der Waals surface area contributed by atoms with Crippen molar-refractivity contribution in [2.45, 2.75) is 6.18 Å². The highest BCUT2D eigenvalue weighted by molar-refractivity contribution is 5.97. The Bertz CT molecular complexity index is 834. The van der Waals surface area contributed by atoms with Gasteiger partial charge in [0.1, 0.15) is 11.4 Å². The van der Waals surface area contributed by atoms with Crippen LogP contribution in [0.2, 0.25) is 0 Å². The maximum absolute atomic E-state index is 13.6. The Hall–Kier alpha value is -2.88. The quantitative estimate of drug-likeness (QED) is 0.845. The number of hydrogen-bond donors (Lipinski definition) is 2. The van der Waals surface area contributed by atoms with Gasteiger partial charge in [-0.2, -0.15) is 13.2 Å². The summed E-state index contributed by atoms with van der Waals surface area (Å²) in [5.41, 5.74) is 4.67. The van der Waals surface area contributed by atoms with E-state index in [1.165, 1.54) is 18.5 Å². The van der Waals surface area contributed by atoms with Crippen molar-refractivity contribution < 1.29 is 18.0 Å². The lowest BCUT2D eigenvalue weighted by Crippen LogP contribution is -2.45. The number of rotatable bonds is 4. The molecule has 2 aromatic rings. The molecule has 3 N–H and O–H groups in total. The zero-order valence-electron chi connectivity index (χ0n) is 14.6. The van der Waals surface area contributed by atoms with Crippen LogP contribution in [0.25, 0.3) is 0 Å². The Balaban J connectivity index is 1.94. The number of aromatic nitrogens is 2. The van der Waals surface area contributed by atoms with Gasteiger partial charge >= 0.3 is 6.18 Å². The van der Waals surface area contributed by atoms with Crippen LogP contribution in [0.5, 0.6) is 0 Å². The SMILES string of the molecule is CN1CCN(c2ncc(Nc3cccnc3C(N)=O)cc2C(F)(F)F)CC1. The van der Waals surface area contributed by atoms with Crippen molar-refractivity contribution in [2.24, 2.45) is 5.73 Å². The van der Waals surface area contributed by atoms with Gasteiger partial charge in [0.15, 0.2) is 5.69 Å². The van der Waals surface area contributed by atoms with Crippen molar-refractivity contribution in [3.05, 3.63) is 41.9 Å². The highest BCUT2D eigenvalue weighted by Gasteiger charge is 2.37. The Morgan fingerprint density at radius 3 is 2.56 bits per heavy atom. The van der Waals surface area contributed by atoms with Crippen LogP contribution in [-0.4, -0.2) is 54.0 Å². The Morgan fingerprint density at radius 2 is 1.93 bits per heavy atom. The van der Waals surface area contributed by atoms with Crippen LogP contribution >= 0.6 is 0 Å². The molecule has 0 bridgehead atoms. The van der Waals surface area contributed by atoms with E-state index < -0.39 is 17.6 Å². The van der Waals surface area contributed by atoms with Gasteiger partial charge in [0, 0.05) is 32.4 Å². The number of nitrogens with two attached hydrogens (primary N) is 1. The minimum absolute atomic E-state index is 0.0609. The van der Waals surface area contributed by atoms with Crippen molar-refractivity contribution in [1.29, 1.82) is 0 Å². The number of carbonyl (C=O) groups is 1. The Kier molecular flexibility index (Phi) is 5.17. The second kappa shape index (κ2) is 7.39. The monoisotopic (exact) mass is 380 g/mol. The third-order valence-electron chi connectivity index (χ3n) is 4.29. The van der Waals surface area contributed by atoms with Gasteiger partial charge in [-0.25, -0.2) is 9.97 Å². The molecule has 2 aromatic heterocycles. The standard InChI is InChI=1S/C17H19F3N6O/c1-25-5-7-26(8-6-25)16-12(17(18,19)20)9-11(10-23-16)24-13-3-2-4-22-14(13)15(21)27/h2-4,9-10,24H,5-8H2,1H3,(H2,21,27). The molecule has 7 nitrogen and oxygen atoms in total. The van der Waals surface area contributed by atoms with E-state index in [-0.39, 0.29) is 22.9 Å². The number of nitrogens with one attached hydrogen (secondary N) is 1. The third-order valence-corrected chi connectivity index (χ3v) is 4.29. The van der Waals surface area contributed by atoms with E-state index >= 15 is 0 Å². The first-order valence-corrected chi connectivity index (χ1v) is 8.28. The lowest BCUT2D eigenvalue weighted by molar-refractivity contribution is -0.137. The van der Waals surface area contributed by atoms with Gasteiger partial charge in [0.25, 0.3) is 5.91 Å². The van der Waals surface area contributed by atoms with Crippen LogP contribution < -0.4 is 16.0 Å². The van der Waals surface area contributed by atoms with Crippen LogP contribution in [0.4, 0.5) is 30.4 Å². The number of nitrogens with zero attached hydrogens (tertiary/aromatic N) is 4.